The van der Waals surface area contributed by atoms with Crippen molar-refractivity contribution in [2.45, 2.75) is 19.0 Å². The first-order valence-electron chi connectivity index (χ1n) is 5.92. The minimum absolute atomic E-state index is 0.105. The van der Waals surface area contributed by atoms with Crippen LogP contribution in [0.15, 0.2) is 51.6 Å². The molecular weight excluding hydrogens is 308 g/mol. The summed E-state index contributed by atoms with van der Waals surface area (Å²) in [5, 5.41) is 3.17. The lowest BCUT2D eigenvalue weighted by Crippen LogP contribution is -2.35. The van der Waals surface area contributed by atoms with Gasteiger partial charge in [-0.25, -0.2) is 0 Å². The Morgan fingerprint density at radius 1 is 1.37 bits per heavy atom. The Kier molecular flexibility index (Phi) is 4.39. The van der Waals surface area contributed by atoms with Crippen molar-refractivity contribution in [1.29, 1.82) is 0 Å². The van der Waals surface area contributed by atoms with Crippen molar-refractivity contribution in [3.8, 4) is 0 Å². The van der Waals surface area contributed by atoms with E-state index >= 15 is 0 Å². The molecule has 1 aromatic carbocycles. The molecule has 0 spiro atoms. The van der Waals surface area contributed by atoms with Crippen LogP contribution in [0.25, 0.3) is 0 Å². The van der Waals surface area contributed by atoms with Gasteiger partial charge in [-0.05, 0) is 36.8 Å². The van der Waals surface area contributed by atoms with E-state index in [0.29, 0.717) is 0 Å². The van der Waals surface area contributed by atoms with Crippen LogP contribution < -0.4 is 11.1 Å². The van der Waals surface area contributed by atoms with Gasteiger partial charge < -0.3 is 10.2 Å². The number of benzene rings is 1. The van der Waals surface area contributed by atoms with E-state index in [2.05, 4.69) is 21.2 Å². The van der Waals surface area contributed by atoms with Crippen LogP contribution in [0.1, 0.15) is 30.3 Å². The number of rotatable bonds is 5. The van der Waals surface area contributed by atoms with Crippen molar-refractivity contribution in [3.05, 3.63) is 58.5 Å². The van der Waals surface area contributed by atoms with Crippen molar-refractivity contribution in [3.63, 3.8) is 0 Å². The highest BCUT2D eigenvalue weighted by atomic mass is 79.9. The molecule has 0 fully saturated rings. The number of hydrogen-bond donors (Lipinski definition) is 2. The predicted molar refractivity (Wildman–Crippen MR) is 76.3 cm³/mol. The Balaban J connectivity index is 2.19. The lowest BCUT2D eigenvalue weighted by molar-refractivity contribution is -0.120. The highest BCUT2D eigenvalue weighted by Crippen LogP contribution is 2.22. The first-order valence-corrected chi connectivity index (χ1v) is 6.71. The average Bonchev–Trinajstić information content (AvgIpc) is 2.89. The van der Waals surface area contributed by atoms with E-state index in [9.17, 15) is 4.79 Å². The second-order valence-corrected chi connectivity index (χ2v) is 5.21. The van der Waals surface area contributed by atoms with E-state index in [1.165, 1.54) is 0 Å². The molecule has 3 N–H and O–H groups in total. The minimum atomic E-state index is -0.558. The first kappa shape index (κ1) is 13.8. The van der Waals surface area contributed by atoms with Crippen molar-refractivity contribution in [2.24, 2.45) is 5.73 Å². The highest BCUT2D eigenvalue weighted by Gasteiger charge is 2.21. The Bertz CT molecular complexity index is 554. The maximum Gasteiger partial charge on any atom is 0.239 e. The summed E-state index contributed by atoms with van der Waals surface area (Å²) in [4.78, 5) is 11.6. The number of hydrogen-bond acceptors (Lipinski definition) is 3. The lowest BCUT2D eigenvalue weighted by atomic mass is 10.1. The molecule has 1 heterocycles. The summed E-state index contributed by atoms with van der Waals surface area (Å²) in [6, 6.07) is 10.5. The summed E-state index contributed by atoms with van der Waals surface area (Å²) in [5.41, 5.74) is 6.29. The van der Waals surface area contributed by atoms with Gasteiger partial charge in [0.05, 0.1) is 12.3 Å². The summed E-state index contributed by atoms with van der Waals surface area (Å²) < 4.78 is 6.22. The smallest absolute Gasteiger partial charge is 0.239 e. The summed E-state index contributed by atoms with van der Waals surface area (Å²) in [6.07, 6.45) is 1.60. The van der Waals surface area contributed by atoms with E-state index in [1.807, 2.05) is 43.3 Å². The largest absolute Gasteiger partial charge is 0.468 e. The Morgan fingerprint density at radius 3 is 2.74 bits per heavy atom. The molecule has 1 aromatic heterocycles. The maximum absolute atomic E-state index is 11.6. The molecular formula is C14H15BrN2O2. The second kappa shape index (κ2) is 6.04. The average molecular weight is 323 g/mol. The van der Waals surface area contributed by atoms with E-state index in [-0.39, 0.29) is 6.04 Å². The van der Waals surface area contributed by atoms with E-state index in [0.717, 1.165) is 15.8 Å². The second-order valence-electron chi connectivity index (χ2n) is 4.29. The normalized spacial score (nSPS) is 14.0. The fourth-order valence-electron chi connectivity index (χ4n) is 1.90. The molecule has 0 aliphatic carbocycles. The standard InChI is InChI=1S/C14H15BrN2O2/c1-9(12-6-3-7-19-12)17-13(14(16)18)10-4-2-5-11(15)8-10/h2-9,13,17H,1H3,(H2,16,18). The van der Waals surface area contributed by atoms with Crippen molar-refractivity contribution >= 4 is 21.8 Å². The molecule has 5 heteroatoms. The highest BCUT2D eigenvalue weighted by molar-refractivity contribution is 9.10. The molecule has 1 amide bonds. The fraction of sp³-hybridized carbons (Fsp3) is 0.214. The number of nitrogens with two attached hydrogens (primary N) is 1. The number of carbonyl (C=O) groups excluding carboxylic acids is 1. The molecule has 2 aromatic rings. The Labute approximate surface area is 120 Å². The third-order valence-electron chi connectivity index (χ3n) is 2.85. The third kappa shape index (κ3) is 3.45. The number of carbonyl (C=O) groups is 1. The topological polar surface area (TPSA) is 68.3 Å². The monoisotopic (exact) mass is 322 g/mol. The van der Waals surface area contributed by atoms with Crippen LogP contribution >= 0.6 is 15.9 Å². The molecule has 2 unspecified atom stereocenters. The Hall–Kier alpha value is -1.59. The molecule has 0 aliphatic rings. The molecule has 4 nitrogen and oxygen atoms in total. The first-order chi connectivity index (χ1) is 9.08. The number of amides is 1. The van der Waals surface area contributed by atoms with Gasteiger partial charge in [0.2, 0.25) is 5.91 Å². The van der Waals surface area contributed by atoms with Gasteiger partial charge in [-0.3, -0.25) is 10.1 Å². The van der Waals surface area contributed by atoms with Gasteiger partial charge in [-0.2, -0.15) is 0 Å². The van der Waals surface area contributed by atoms with Gasteiger partial charge in [0.1, 0.15) is 11.8 Å². The summed E-state index contributed by atoms with van der Waals surface area (Å²) >= 11 is 3.39. The number of furan rings is 1. The number of nitrogens with one attached hydrogen (secondary N) is 1. The molecule has 0 saturated carbocycles. The van der Waals surface area contributed by atoms with E-state index in [4.69, 9.17) is 10.2 Å². The molecule has 2 rings (SSSR count). The van der Waals surface area contributed by atoms with Gasteiger partial charge >= 0.3 is 0 Å². The van der Waals surface area contributed by atoms with Crippen molar-refractivity contribution in [1.82, 2.24) is 5.32 Å². The third-order valence-corrected chi connectivity index (χ3v) is 3.35. The fourth-order valence-corrected chi connectivity index (χ4v) is 2.32. The zero-order valence-electron chi connectivity index (χ0n) is 10.5. The molecule has 100 valence electrons. The van der Waals surface area contributed by atoms with Crippen LogP contribution in [0, 0.1) is 0 Å². The van der Waals surface area contributed by atoms with Crippen molar-refractivity contribution in [2.75, 3.05) is 0 Å². The van der Waals surface area contributed by atoms with Crippen LogP contribution in [-0.2, 0) is 4.79 Å². The molecule has 2 atom stereocenters. The molecule has 0 bridgehead atoms. The van der Waals surface area contributed by atoms with Gasteiger partial charge in [-0.1, -0.05) is 28.1 Å². The van der Waals surface area contributed by atoms with Gasteiger partial charge in [0, 0.05) is 4.47 Å². The lowest BCUT2D eigenvalue weighted by Gasteiger charge is -2.20. The van der Waals surface area contributed by atoms with Crippen LogP contribution in [0.5, 0.6) is 0 Å². The zero-order valence-corrected chi connectivity index (χ0v) is 12.1. The van der Waals surface area contributed by atoms with Crippen LogP contribution in [0.3, 0.4) is 0 Å². The van der Waals surface area contributed by atoms with Gasteiger partial charge in [0.15, 0.2) is 0 Å². The van der Waals surface area contributed by atoms with Gasteiger partial charge in [-0.15, -0.1) is 0 Å². The number of primary amides is 1. The Morgan fingerprint density at radius 2 is 2.16 bits per heavy atom. The van der Waals surface area contributed by atoms with E-state index in [1.54, 1.807) is 6.26 Å². The summed E-state index contributed by atoms with van der Waals surface area (Å²) in [5.74, 6) is 0.345. The molecule has 0 saturated heterocycles. The van der Waals surface area contributed by atoms with Crippen LogP contribution in [0.4, 0.5) is 0 Å². The molecule has 19 heavy (non-hydrogen) atoms. The summed E-state index contributed by atoms with van der Waals surface area (Å²) in [6.45, 7) is 1.92. The van der Waals surface area contributed by atoms with Crippen LogP contribution in [-0.4, -0.2) is 5.91 Å². The molecule has 0 aliphatic heterocycles. The number of halogens is 1. The van der Waals surface area contributed by atoms with E-state index < -0.39 is 11.9 Å². The quantitative estimate of drug-likeness (QED) is 0.889. The van der Waals surface area contributed by atoms with Crippen molar-refractivity contribution < 1.29 is 9.21 Å². The van der Waals surface area contributed by atoms with Gasteiger partial charge in [0.25, 0.3) is 0 Å². The minimum Gasteiger partial charge on any atom is -0.468 e. The summed E-state index contributed by atoms with van der Waals surface area (Å²) in [7, 11) is 0. The maximum atomic E-state index is 11.6. The van der Waals surface area contributed by atoms with Crippen LogP contribution in [0.2, 0.25) is 0 Å². The SMILES string of the molecule is CC(NC(C(N)=O)c1cccc(Br)c1)c1ccco1. The predicted octanol–water partition coefficient (Wildman–Crippen LogP) is 2.92. The molecule has 0 radical (unpaired) electrons. The zero-order chi connectivity index (χ0) is 13.8.